The Morgan fingerprint density at radius 2 is 1.53 bits per heavy atom. The summed E-state index contributed by atoms with van der Waals surface area (Å²) >= 11 is 0. The van der Waals surface area contributed by atoms with Gasteiger partial charge in [-0.2, -0.15) is 0 Å². The highest BCUT2D eigenvalue weighted by Gasteiger charge is 2.24. The average molecular weight is 238 g/mol. The summed E-state index contributed by atoms with van der Waals surface area (Å²) in [4.78, 5) is 0. The molecular weight excluding hydrogens is 204 g/mol. The fourth-order valence-corrected chi connectivity index (χ4v) is 3.58. The second-order valence-corrected chi connectivity index (χ2v) is 6.42. The quantitative estimate of drug-likeness (QED) is 0.442. The number of unbranched alkanes of at least 4 members (excludes halogenated alkanes) is 3. The lowest BCUT2D eigenvalue weighted by Gasteiger charge is -2.33. The Morgan fingerprint density at radius 3 is 2.12 bits per heavy atom. The van der Waals surface area contributed by atoms with Gasteiger partial charge in [-0.05, 0) is 30.6 Å². The molecule has 0 aromatic heterocycles. The molecule has 0 bridgehead atoms. The molecule has 0 radical (unpaired) electrons. The molecule has 1 aliphatic carbocycles. The second-order valence-electron chi connectivity index (χ2n) is 6.42. The second kappa shape index (κ2) is 9.00. The van der Waals surface area contributed by atoms with E-state index in [-0.39, 0.29) is 0 Å². The Labute approximate surface area is 110 Å². The van der Waals surface area contributed by atoms with Crippen LogP contribution in [-0.4, -0.2) is 0 Å². The summed E-state index contributed by atoms with van der Waals surface area (Å²) in [5, 5.41) is 0. The molecule has 0 aromatic carbocycles. The van der Waals surface area contributed by atoms with Crippen molar-refractivity contribution < 1.29 is 0 Å². The van der Waals surface area contributed by atoms with E-state index in [1.54, 1.807) is 0 Å². The van der Waals surface area contributed by atoms with Gasteiger partial charge in [0.1, 0.15) is 0 Å². The number of rotatable bonds is 8. The molecule has 0 N–H and O–H groups in total. The molecule has 1 aliphatic rings. The molecule has 1 unspecified atom stereocenters. The van der Waals surface area contributed by atoms with E-state index in [9.17, 15) is 0 Å². The predicted molar refractivity (Wildman–Crippen MR) is 78.3 cm³/mol. The summed E-state index contributed by atoms with van der Waals surface area (Å²) in [6, 6.07) is 0. The van der Waals surface area contributed by atoms with Gasteiger partial charge in [0, 0.05) is 0 Å². The van der Waals surface area contributed by atoms with Crippen molar-refractivity contribution in [2.75, 3.05) is 0 Å². The van der Waals surface area contributed by atoms with Crippen LogP contribution in [-0.2, 0) is 0 Å². The van der Waals surface area contributed by atoms with Crippen LogP contribution in [0.15, 0.2) is 0 Å². The van der Waals surface area contributed by atoms with Crippen LogP contribution >= 0.6 is 0 Å². The molecule has 1 fully saturated rings. The van der Waals surface area contributed by atoms with Crippen LogP contribution < -0.4 is 0 Å². The third-order valence-electron chi connectivity index (χ3n) is 4.82. The first-order valence-corrected chi connectivity index (χ1v) is 8.27. The van der Waals surface area contributed by atoms with Crippen molar-refractivity contribution in [3.05, 3.63) is 0 Å². The fraction of sp³-hybridized carbons (Fsp3) is 1.00. The van der Waals surface area contributed by atoms with Crippen LogP contribution in [0.5, 0.6) is 0 Å². The maximum absolute atomic E-state index is 2.44. The number of hydrogen-bond acceptors (Lipinski definition) is 0. The zero-order valence-corrected chi connectivity index (χ0v) is 12.5. The zero-order valence-electron chi connectivity index (χ0n) is 12.5. The van der Waals surface area contributed by atoms with Gasteiger partial charge in [-0.3, -0.25) is 0 Å². The van der Waals surface area contributed by atoms with E-state index < -0.39 is 0 Å². The molecule has 17 heavy (non-hydrogen) atoms. The molecule has 1 rings (SSSR count). The fourth-order valence-electron chi connectivity index (χ4n) is 3.58. The molecule has 1 atom stereocenters. The van der Waals surface area contributed by atoms with Crippen LogP contribution in [0.4, 0.5) is 0 Å². The van der Waals surface area contributed by atoms with Crippen molar-refractivity contribution >= 4 is 0 Å². The van der Waals surface area contributed by atoms with E-state index in [4.69, 9.17) is 0 Å². The van der Waals surface area contributed by atoms with Crippen molar-refractivity contribution in [1.82, 2.24) is 0 Å². The molecule has 0 nitrogen and oxygen atoms in total. The van der Waals surface area contributed by atoms with E-state index in [1.165, 1.54) is 70.6 Å². The average Bonchev–Trinajstić information content (AvgIpc) is 2.34. The van der Waals surface area contributed by atoms with Crippen molar-refractivity contribution in [2.45, 2.75) is 91.4 Å². The molecule has 0 spiro atoms. The maximum Gasteiger partial charge on any atom is -0.0386 e. The van der Waals surface area contributed by atoms with E-state index in [1.807, 2.05) is 0 Å². The van der Waals surface area contributed by atoms with Gasteiger partial charge in [0.15, 0.2) is 0 Å². The molecule has 1 saturated carbocycles. The van der Waals surface area contributed by atoms with Crippen LogP contribution in [0.25, 0.3) is 0 Å². The topological polar surface area (TPSA) is 0 Å². The van der Waals surface area contributed by atoms with Gasteiger partial charge in [0.25, 0.3) is 0 Å². The Balaban J connectivity index is 2.26. The molecule has 0 amide bonds. The van der Waals surface area contributed by atoms with E-state index in [0.29, 0.717) is 0 Å². The molecule has 0 heteroatoms. The summed E-state index contributed by atoms with van der Waals surface area (Å²) in [5.41, 5.74) is 0. The summed E-state index contributed by atoms with van der Waals surface area (Å²) in [7, 11) is 0. The first kappa shape index (κ1) is 15.1. The molecule has 0 heterocycles. The smallest absolute Gasteiger partial charge is 0.0386 e. The summed E-state index contributed by atoms with van der Waals surface area (Å²) in [6.45, 7) is 7.11. The normalized spacial score (nSPS) is 27.0. The standard InChI is InChI=1S/C17H34/c1-4-6-7-8-10-16(9-5-2)17-13-11-15(3)12-14-17/h15-17H,4-14H2,1-3H3. The highest BCUT2D eigenvalue weighted by Crippen LogP contribution is 2.37. The van der Waals surface area contributed by atoms with E-state index >= 15 is 0 Å². The van der Waals surface area contributed by atoms with Gasteiger partial charge in [-0.1, -0.05) is 78.6 Å². The van der Waals surface area contributed by atoms with Gasteiger partial charge in [-0.15, -0.1) is 0 Å². The van der Waals surface area contributed by atoms with Crippen LogP contribution in [0, 0.1) is 17.8 Å². The molecule has 0 saturated heterocycles. The van der Waals surface area contributed by atoms with Crippen molar-refractivity contribution in [1.29, 1.82) is 0 Å². The lowest BCUT2D eigenvalue weighted by Crippen LogP contribution is -2.21. The summed E-state index contributed by atoms with van der Waals surface area (Å²) < 4.78 is 0. The Hall–Kier alpha value is 0. The van der Waals surface area contributed by atoms with Crippen LogP contribution in [0.1, 0.15) is 91.4 Å². The SMILES string of the molecule is CCCCCCC(CCC)C1CCC(C)CC1. The lowest BCUT2D eigenvalue weighted by atomic mass is 9.73. The van der Waals surface area contributed by atoms with E-state index in [2.05, 4.69) is 20.8 Å². The van der Waals surface area contributed by atoms with Crippen molar-refractivity contribution in [3.8, 4) is 0 Å². The van der Waals surface area contributed by atoms with Crippen molar-refractivity contribution in [3.63, 3.8) is 0 Å². The Kier molecular flexibility index (Phi) is 7.97. The van der Waals surface area contributed by atoms with Gasteiger partial charge in [-0.25, -0.2) is 0 Å². The van der Waals surface area contributed by atoms with Gasteiger partial charge in [0.05, 0.1) is 0 Å². The Morgan fingerprint density at radius 1 is 0.824 bits per heavy atom. The highest BCUT2D eigenvalue weighted by molar-refractivity contribution is 4.76. The number of hydrogen-bond donors (Lipinski definition) is 0. The molecule has 102 valence electrons. The summed E-state index contributed by atoms with van der Waals surface area (Å²) in [6.07, 6.45) is 16.2. The molecule has 0 aliphatic heterocycles. The predicted octanol–water partition coefficient (Wildman–Crippen LogP) is 6.20. The summed E-state index contributed by atoms with van der Waals surface area (Å²) in [5.74, 6) is 3.14. The first-order chi connectivity index (χ1) is 8.27. The third-order valence-corrected chi connectivity index (χ3v) is 4.82. The minimum atomic E-state index is 1.01. The van der Waals surface area contributed by atoms with Crippen LogP contribution in [0.2, 0.25) is 0 Å². The highest BCUT2D eigenvalue weighted by atomic mass is 14.3. The minimum absolute atomic E-state index is 1.01. The minimum Gasteiger partial charge on any atom is -0.0654 e. The van der Waals surface area contributed by atoms with Gasteiger partial charge in [0.2, 0.25) is 0 Å². The molecule has 0 aromatic rings. The lowest BCUT2D eigenvalue weighted by molar-refractivity contribution is 0.190. The Bertz CT molecular complexity index is 165. The van der Waals surface area contributed by atoms with Crippen molar-refractivity contribution in [2.24, 2.45) is 17.8 Å². The largest absolute Gasteiger partial charge is 0.0654 e. The van der Waals surface area contributed by atoms with E-state index in [0.717, 1.165) is 17.8 Å². The van der Waals surface area contributed by atoms with Crippen LogP contribution in [0.3, 0.4) is 0 Å². The molecular formula is C17H34. The third kappa shape index (κ3) is 5.93. The van der Waals surface area contributed by atoms with Gasteiger partial charge >= 0.3 is 0 Å². The van der Waals surface area contributed by atoms with Gasteiger partial charge < -0.3 is 0 Å². The zero-order chi connectivity index (χ0) is 12.5. The maximum atomic E-state index is 2.44. The first-order valence-electron chi connectivity index (χ1n) is 8.27. The monoisotopic (exact) mass is 238 g/mol.